The van der Waals surface area contributed by atoms with E-state index in [4.69, 9.17) is 4.74 Å². The fourth-order valence-corrected chi connectivity index (χ4v) is 1.86. The molecular weight excluding hydrogens is 246 g/mol. The van der Waals surface area contributed by atoms with Crippen LogP contribution in [-0.4, -0.2) is 41.8 Å². The Balaban J connectivity index is 3.08. The van der Waals surface area contributed by atoms with Crippen LogP contribution in [0.25, 0.3) is 0 Å². The molecule has 0 fully saturated rings. The van der Waals surface area contributed by atoms with E-state index in [1.54, 1.807) is 26.0 Å². The Labute approximate surface area is 113 Å². The summed E-state index contributed by atoms with van der Waals surface area (Å²) in [6.45, 7) is 4.16. The monoisotopic (exact) mass is 267 g/mol. The lowest BCUT2D eigenvalue weighted by Crippen LogP contribution is -2.17. The lowest BCUT2D eigenvalue weighted by atomic mass is 10.0. The molecule has 0 aliphatic heterocycles. The van der Waals surface area contributed by atoms with E-state index in [0.717, 1.165) is 0 Å². The highest BCUT2D eigenvalue weighted by molar-refractivity contribution is 5.76. The molecule has 0 radical (unpaired) electrons. The molecule has 0 aliphatic rings. The predicted molar refractivity (Wildman–Crippen MR) is 71.8 cm³/mol. The van der Waals surface area contributed by atoms with Crippen molar-refractivity contribution >= 4 is 5.97 Å². The second-order valence-corrected chi connectivity index (χ2v) is 4.74. The van der Waals surface area contributed by atoms with E-state index in [1.807, 2.05) is 19.0 Å². The van der Waals surface area contributed by atoms with Gasteiger partial charge in [-0.3, -0.25) is 0 Å². The number of phenols is 1. The Hall–Kier alpha value is -1.59. The van der Waals surface area contributed by atoms with E-state index in [9.17, 15) is 15.0 Å². The van der Waals surface area contributed by atoms with Gasteiger partial charge in [-0.1, -0.05) is 0 Å². The van der Waals surface area contributed by atoms with Crippen molar-refractivity contribution in [1.29, 1.82) is 0 Å². The number of hydrogen-bond acceptors (Lipinski definition) is 5. The van der Waals surface area contributed by atoms with E-state index in [2.05, 4.69) is 0 Å². The normalized spacial score (nSPS) is 12.5. The predicted octanol–water partition coefficient (Wildman–Crippen LogP) is 1.36. The van der Waals surface area contributed by atoms with Crippen LogP contribution >= 0.6 is 0 Å². The number of aromatic hydroxyl groups is 1. The van der Waals surface area contributed by atoms with Crippen LogP contribution in [0.15, 0.2) is 12.1 Å². The molecule has 1 atom stereocenters. The summed E-state index contributed by atoms with van der Waals surface area (Å²) in [5, 5.41) is 19.9. The first-order valence-electron chi connectivity index (χ1n) is 6.18. The standard InChI is InChI=1S/C14H21NO4/c1-5-19-14(18)13(17)10-6-9(2)12(16)11(7-10)8-15(3)4/h6-7,13,16-17H,5,8H2,1-4H3. The lowest BCUT2D eigenvalue weighted by Gasteiger charge is -2.16. The minimum absolute atomic E-state index is 0.188. The van der Waals surface area contributed by atoms with Gasteiger partial charge in [-0.2, -0.15) is 0 Å². The number of hydrogen-bond donors (Lipinski definition) is 2. The maximum absolute atomic E-state index is 11.5. The number of rotatable bonds is 5. The Bertz CT molecular complexity index is 457. The molecule has 0 heterocycles. The first-order chi connectivity index (χ1) is 8.86. The van der Waals surface area contributed by atoms with Gasteiger partial charge in [-0.05, 0) is 51.2 Å². The number of carbonyl (C=O) groups excluding carboxylic acids is 1. The highest BCUT2D eigenvalue weighted by Gasteiger charge is 2.21. The number of esters is 1. The van der Waals surface area contributed by atoms with Crippen LogP contribution in [0.2, 0.25) is 0 Å². The second-order valence-electron chi connectivity index (χ2n) is 4.74. The van der Waals surface area contributed by atoms with Gasteiger partial charge in [-0.25, -0.2) is 4.79 Å². The third kappa shape index (κ3) is 3.94. The summed E-state index contributed by atoms with van der Waals surface area (Å²) in [5.41, 5.74) is 1.73. The average molecular weight is 267 g/mol. The molecule has 0 aromatic heterocycles. The molecule has 106 valence electrons. The van der Waals surface area contributed by atoms with Gasteiger partial charge in [-0.15, -0.1) is 0 Å². The van der Waals surface area contributed by atoms with Gasteiger partial charge in [0.15, 0.2) is 6.10 Å². The minimum atomic E-state index is -1.32. The van der Waals surface area contributed by atoms with E-state index in [-0.39, 0.29) is 12.4 Å². The van der Waals surface area contributed by atoms with Crippen molar-refractivity contribution in [3.8, 4) is 5.75 Å². The fraction of sp³-hybridized carbons (Fsp3) is 0.500. The molecule has 5 nitrogen and oxygen atoms in total. The van der Waals surface area contributed by atoms with E-state index in [1.165, 1.54) is 0 Å². The lowest BCUT2D eigenvalue weighted by molar-refractivity contribution is -0.153. The summed E-state index contributed by atoms with van der Waals surface area (Å²) >= 11 is 0. The van der Waals surface area contributed by atoms with Gasteiger partial charge in [0.2, 0.25) is 0 Å². The molecule has 0 bridgehead atoms. The highest BCUT2D eigenvalue weighted by atomic mass is 16.5. The third-order valence-corrected chi connectivity index (χ3v) is 2.71. The average Bonchev–Trinajstić information content (AvgIpc) is 2.33. The molecule has 1 unspecified atom stereocenters. The zero-order valence-corrected chi connectivity index (χ0v) is 11.8. The third-order valence-electron chi connectivity index (χ3n) is 2.71. The Kier molecular flexibility index (Phi) is 5.32. The Morgan fingerprint density at radius 3 is 2.58 bits per heavy atom. The molecule has 1 aromatic rings. The Morgan fingerprint density at radius 2 is 2.05 bits per heavy atom. The van der Waals surface area contributed by atoms with Gasteiger partial charge < -0.3 is 19.8 Å². The van der Waals surface area contributed by atoms with Crippen molar-refractivity contribution in [3.63, 3.8) is 0 Å². The quantitative estimate of drug-likeness (QED) is 0.788. The number of ether oxygens (including phenoxy) is 1. The minimum Gasteiger partial charge on any atom is -0.507 e. The van der Waals surface area contributed by atoms with Crippen LogP contribution in [0.1, 0.15) is 29.7 Å². The molecule has 2 N–H and O–H groups in total. The van der Waals surface area contributed by atoms with Crippen molar-refractivity contribution in [3.05, 3.63) is 28.8 Å². The molecule has 0 spiro atoms. The molecular formula is C14H21NO4. The fourth-order valence-electron chi connectivity index (χ4n) is 1.86. The molecule has 0 saturated carbocycles. The Morgan fingerprint density at radius 1 is 1.42 bits per heavy atom. The molecule has 0 aliphatic carbocycles. The van der Waals surface area contributed by atoms with Gasteiger partial charge in [0, 0.05) is 12.1 Å². The maximum Gasteiger partial charge on any atom is 0.339 e. The van der Waals surface area contributed by atoms with Gasteiger partial charge in [0.25, 0.3) is 0 Å². The molecule has 0 saturated heterocycles. The number of aliphatic hydroxyl groups excluding tert-OH is 1. The van der Waals surface area contributed by atoms with Crippen LogP contribution in [0.5, 0.6) is 5.75 Å². The van der Waals surface area contributed by atoms with Crippen LogP contribution in [0.4, 0.5) is 0 Å². The van der Waals surface area contributed by atoms with Crippen molar-refractivity contribution in [2.45, 2.75) is 26.5 Å². The summed E-state index contributed by atoms with van der Waals surface area (Å²) in [6.07, 6.45) is -1.32. The maximum atomic E-state index is 11.5. The molecule has 5 heteroatoms. The van der Waals surface area contributed by atoms with Crippen LogP contribution in [0, 0.1) is 6.92 Å². The number of aliphatic hydroxyl groups is 1. The first kappa shape index (κ1) is 15.5. The summed E-state index contributed by atoms with van der Waals surface area (Å²) in [7, 11) is 3.76. The molecule has 1 aromatic carbocycles. The van der Waals surface area contributed by atoms with Crippen molar-refractivity contribution in [1.82, 2.24) is 4.90 Å². The summed E-state index contributed by atoms with van der Waals surface area (Å²) in [4.78, 5) is 13.4. The van der Waals surface area contributed by atoms with Crippen molar-refractivity contribution in [2.75, 3.05) is 20.7 Å². The zero-order chi connectivity index (χ0) is 14.6. The smallest absolute Gasteiger partial charge is 0.339 e. The molecule has 0 amide bonds. The number of aryl methyl sites for hydroxylation is 1. The van der Waals surface area contributed by atoms with Crippen LogP contribution in [0.3, 0.4) is 0 Å². The SMILES string of the molecule is CCOC(=O)C(O)c1cc(C)c(O)c(CN(C)C)c1. The zero-order valence-electron chi connectivity index (χ0n) is 11.8. The van der Waals surface area contributed by atoms with Crippen LogP contribution in [-0.2, 0) is 16.1 Å². The van der Waals surface area contributed by atoms with E-state index >= 15 is 0 Å². The van der Waals surface area contributed by atoms with Gasteiger partial charge >= 0.3 is 5.97 Å². The summed E-state index contributed by atoms with van der Waals surface area (Å²) < 4.78 is 4.79. The molecule has 1 rings (SSSR count). The number of nitrogens with zero attached hydrogens (tertiary/aromatic N) is 1. The number of benzene rings is 1. The molecule has 19 heavy (non-hydrogen) atoms. The first-order valence-corrected chi connectivity index (χ1v) is 6.18. The van der Waals surface area contributed by atoms with Crippen molar-refractivity contribution < 1.29 is 19.7 Å². The number of carbonyl (C=O) groups is 1. The summed E-state index contributed by atoms with van der Waals surface area (Å²) in [6, 6.07) is 3.22. The highest BCUT2D eigenvalue weighted by Crippen LogP contribution is 2.28. The van der Waals surface area contributed by atoms with Gasteiger partial charge in [0.1, 0.15) is 5.75 Å². The van der Waals surface area contributed by atoms with Gasteiger partial charge in [0.05, 0.1) is 6.61 Å². The topological polar surface area (TPSA) is 70.0 Å². The number of phenolic OH excluding ortho intramolecular Hbond substituents is 1. The van der Waals surface area contributed by atoms with E-state index < -0.39 is 12.1 Å². The van der Waals surface area contributed by atoms with Crippen molar-refractivity contribution in [2.24, 2.45) is 0 Å². The van der Waals surface area contributed by atoms with E-state index in [0.29, 0.717) is 23.2 Å². The second kappa shape index (κ2) is 6.54. The van der Waals surface area contributed by atoms with Crippen LogP contribution < -0.4 is 0 Å². The summed E-state index contributed by atoms with van der Waals surface area (Å²) in [5.74, 6) is -0.489. The largest absolute Gasteiger partial charge is 0.507 e.